The molecule has 1 aromatic rings. The fraction of sp³-hybridized carbons (Fsp3) is 0.111. The number of nitrogens with two attached hydrogens (primary N) is 1. The molecule has 0 atom stereocenters. The van der Waals surface area contributed by atoms with E-state index in [1.807, 2.05) is 0 Å². The number of carboxylic acids is 1. The zero-order chi connectivity index (χ0) is 14.8. The summed E-state index contributed by atoms with van der Waals surface area (Å²) in [6, 6.07) is 1.22. The maximum Gasteiger partial charge on any atom is 0.337 e. The number of sulfonamides is 1. The molecule has 0 aromatic heterocycles. The molecule has 7 nitrogen and oxygen atoms in total. The van der Waals surface area contributed by atoms with Gasteiger partial charge >= 0.3 is 5.97 Å². The highest BCUT2D eigenvalue weighted by Gasteiger charge is 2.22. The van der Waals surface area contributed by atoms with Crippen molar-refractivity contribution < 1.29 is 27.5 Å². The SMILES string of the molecule is NC(=O)CNS(=O)(=O)c1cc(F)c(Cl)c(C(=O)O)c1. The van der Waals surface area contributed by atoms with E-state index in [-0.39, 0.29) is 0 Å². The summed E-state index contributed by atoms with van der Waals surface area (Å²) in [5.41, 5.74) is 4.05. The van der Waals surface area contributed by atoms with Crippen LogP contribution in [0.15, 0.2) is 17.0 Å². The quantitative estimate of drug-likeness (QED) is 0.702. The second-order valence-electron chi connectivity index (χ2n) is 3.36. The predicted octanol–water partition coefficient (Wildman–Crippen LogP) is -0.0591. The third-order valence-electron chi connectivity index (χ3n) is 1.98. The maximum absolute atomic E-state index is 13.4. The Balaban J connectivity index is 3.28. The lowest BCUT2D eigenvalue weighted by Crippen LogP contribution is -2.33. The van der Waals surface area contributed by atoms with Crippen LogP contribution in [0.4, 0.5) is 4.39 Å². The third kappa shape index (κ3) is 3.63. The Morgan fingerprint density at radius 3 is 2.47 bits per heavy atom. The van der Waals surface area contributed by atoms with Crippen molar-refractivity contribution in [3.63, 3.8) is 0 Å². The van der Waals surface area contributed by atoms with E-state index in [1.54, 1.807) is 4.72 Å². The van der Waals surface area contributed by atoms with Crippen molar-refractivity contribution in [3.8, 4) is 0 Å². The predicted molar refractivity (Wildman–Crippen MR) is 62.8 cm³/mol. The van der Waals surface area contributed by atoms with E-state index >= 15 is 0 Å². The van der Waals surface area contributed by atoms with E-state index in [9.17, 15) is 22.4 Å². The van der Waals surface area contributed by atoms with Crippen molar-refractivity contribution >= 4 is 33.5 Å². The average molecular weight is 311 g/mol. The Hall–Kier alpha value is -1.71. The van der Waals surface area contributed by atoms with Crippen LogP contribution in [0, 0.1) is 5.82 Å². The van der Waals surface area contributed by atoms with Gasteiger partial charge in [0.2, 0.25) is 15.9 Å². The van der Waals surface area contributed by atoms with Crippen LogP contribution < -0.4 is 10.5 Å². The fourth-order valence-corrected chi connectivity index (χ4v) is 2.34. The van der Waals surface area contributed by atoms with Gasteiger partial charge in [0.05, 0.1) is 22.0 Å². The Morgan fingerprint density at radius 1 is 1.42 bits per heavy atom. The number of carbonyl (C=O) groups excluding carboxylic acids is 1. The van der Waals surface area contributed by atoms with Crippen LogP contribution >= 0.6 is 11.6 Å². The first kappa shape index (κ1) is 15.3. The van der Waals surface area contributed by atoms with E-state index in [0.717, 1.165) is 0 Å². The zero-order valence-electron chi connectivity index (χ0n) is 9.18. The van der Waals surface area contributed by atoms with Crippen LogP contribution in [0.2, 0.25) is 5.02 Å². The van der Waals surface area contributed by atoms with Gasteiger partial charge < -0.3 is 10.8 Å². The molecule has 0 saturated heterocycles. The molecule has 0 fully saturated rings. The normalized spacial score (nSPS) is 11.3. The van der Waals surface area contributed by atoms with Crippen LogP contribution in [-0.4, -0.2) is 31.9 Å². The van der Waals surface area contributed by atoms with E-state index < -0.39 is 49.7 Å². The van der Waals surface area contributed by atoms with Gasteiger partial charge in [0.25, 0.3) is 0 Å². The summed E-state index contributed by atoms with van der Waals surface area (Å²) in [5, 5.41) is 8.05. The number of rotatable bonds is 5. The number of amides is 1. The van der Waals surface area contributed by atoms with Crippen molar-refractivity contribution in [2.75, 3.05) is 6.54 Å². The zero-order valence-corrected chi connectivity index (χ0v) is 10.8. The molecule has 0 spiro atoms. The lowest BCUT2D eigenvalue weighted by molar-refractivity contribution is -0.116. The summed E-state index contributed by atoms with van der Waals surface area (Å²) in [6.45, 7) is -0.699. The standard InChI is InChI=1S/C9H8ClFN2O5S/c10-8-5(9(15)16)1-4(2-6(8)11)19(17,18)13-3-7(12)14/h1-2,13H,3H2,(H2,12,14)(H,15,16). The van der Waals surface area contributed by atoms with Gasteiger partial charge in [-0.3, -0.25) is 4.79 Å². The number of hydrogen-bond acceptors (Lipinski definition) is 4. The first-order valence-corrected chi connectivity index (χ1v) is 6.51. The molecule has 0 heterocycles. The molecular formula is C9H8ClFN2O5S. The van der Waals surface area contributed by atoms with Crippen molar-refractivity contribution in [1.29, 1.82) is 0 Å². The maximum atomic E-state index is 13.4. The van der Waals surface area contributed by atoms with Gasteiger partial charge in [-0.2, -0.15) is 0 Å². The average Bonchev–Trinajstić information content (AvgIpc) is 2.29. The summed E-state index contributed by atoms with van der Waals surface area (Å²) in [7, 11) is -4.26. The highest BCUT2D eigenvalue weighted by molar-refractivity contribution is 7.89. The fourth-order valence-electron chi connectivity index (χ4n) is 1.12. The van der Waals surface area contributed by atoms with Crippen LogP contribution in [-0.2, 0) is 14.8 Å². The minimum Gasteiger partial charge on any atom is -0.478 e. The number of halogens is 2. The summed E-state index contributed by atoms with van der Waals surface area (Å²) in [6.07, 6.45) is 0. The van der Waals surface area contributed by atoms with Gasteiger partial charge in [0.15, 0.2) is 0 Å². The second-order valence-corrected chi connectivity index (χ2v) is 5.51. The monoisotopic (exact) mass is 310 g/mol. The van der Waals surface area contributed by atoms with Crippen LogP contribution in [0.3, 0.4) is 0 Å². The van der Waals surface area contributed by atoms with Gasteiger partial charge in [-0.05, 0) is 12.1 Å². The molecule has 1 amide bonds. The summed E-state index contributed by atoms with van der Waals surface area (Å²) < 4.78 is 38.4. The minimum absolute atomic E-state index is 0.540. The molecule has 19 heavy (non-hydrogen) atoms. The highest BCUT2D eigenvalue weighted by atomic mass is 35.5. The summed E-state index contributed by atoms with van der Waals surface area (Å²) in [5.74, 6) is -3.74. The molecule has 0 bridgehead atoms. The minimum atomic E-state index is -4.26. The number of aromatic carboxylic acids is 1. The Morgan fingerprint density at radius 2 is 2.00 bits per heavy atom. The van der Waals surface area contributed by atoms with Crippen molar-refractivity contribution in [2.24, 2.45) is 5.73 Å². The molecule has 10 heteroatoms. The van der Waals surface area contributed by atoms with E-state index in [1.165, 1.54) is 0 Å². The van der Waals surface area contributed by atoms with Crippen molar-refractivity contribution in [3.05, 3.63) is 28.5 Å². The van der Waals surface area contributed by atoms with Gasteiger partial charge in [0.1, 0.15) is 5.82 Å². The molecular weight excluding hydrogens is 303 g/mol. The largest absolute Gasteiger partial charge is 0.478 e. The Labute approximate surface area is 112 Å². The van der Waals surface area contributed by atoms with Crippen LogP contribution in [0.25, 0.3) is 0 Å². The first-order valence-electron chi connectivity index (χ1n) is 4.65. The number of benzene rings is 1. The Kier molecular flexibility index (Phi) is 4.45. The number of hydrogen-bond donors (Lipinski definition) is 3. The molecule has 0 unspecified atom stereocenters. The van der Waals surface area contributed by atoms with Gasteiger partial charge in [-0.15, -0.1) is 0 Å². The number of carbonyl (C=O) groups is 2. The highest BCUT2D eigenvalue weighted by Crippen LogP contribution is 2.24. The molecule has 0 aliphatic heterocycles. The third-order valence-corrected chi connectivity index (χ3v) is 3.74. The van der Waals surface area contributed by atoms with E-state index in [0.29, 0.717) is 12.1 Å². The molecule has 1 aromatic carbocycles. The van der Waals surface area contributed by atoms with E-state index in [4.69, 9.17) is 22.4 Å². The number of carboxylic acid groups (broad SMARTS) is 1. The van der Waals surface area contributed by atoms with Crippen molar-refractivity contribution in [2.45, 2.75) is 4.90 Å². The first-order chi connectivity index (χ1) is 8.65. The lowest BCUT2D eigenvalue weighted by Gasteiger charge is -2.07. The van der Waals surface area contributed by atoms with Crippen LogP contribution in [0.5, 0.6) is 0 Å². The summed E-state index contributed by atoms with van der Waals surface area (Å²) >= 11 is 5.39. The van der Waals surface area contributed by atoms with Gasteiger partial charge in [-0.1, -0.05) is 11.6 Å². The smallest absolute Gasteiger partial charge is 0.337 e. The van der Waals surface area contributed by atoms with Gasteiger partial charge in [-0.25, -0.2) is 22.3 Å². The van der Waals surface area contributed by atoms with E-state index in [2.05, 4.69) is 0 Å². The number of nitrogens with one attached hydrogen (secondary N) is 1. The van der Waals surface area contributed by atoms with Crippen LogP contribution in [0.1, 0.15) is 10.4 Å². The molecule has 0 saturated carbocycles. The number of primary amides is 1. The molecule has 0 radical (unpaired) electrons. The molecule has 104 valence electrons. The lowest BCUT2D eigenvalue weighted by atomic mass is 10.2. The topological polar surface area (TPSA) is 127 Å². The molecule has 0 aliphatic rings. The van der Waals surface area contributed by atoms with Crippen molar-refractivity contribution in [1.82, 2.24) is 4.72 Å². The summed E-state index contributed by atoms with van der Waals surface area (Å²) in [4.78, 5) is 20.6. The van der Waals surface area contributed by atoms with Gasteiger partial charge in [0, 0.05) is 0 Å². The Bertz CT molecular complexity index is 646. The second kappa shape index (κ2) is 5.51. The molecule has 1 rings (SSSR count). The molecule has 0 aliphatic carbocycles. The molecule has 4 N–H and O–H groups in total.